The smallest absolute Gasteiger partial charge is 0.407 e. The van der Waals surface area contributed by atoms with E-state index < -0.39 is 23.4 Å². The van der Waals surface area contributed by atoms with Gasteiger partial charge in [0.05, 0.1) is 0 Å². The van der Waals surface area contributed by atoms with Gasteiger partial charge in [0, 0.05) is 17.7 Å². The van der Waals surface area contributed by atoms with Crippen LogP contribution in [0, 0.1) is 5.82 Å². The van der Waals surface area contributed by atoms with Crippen molar-refractivity contribution in [1.29, 1.82) is 0 Å². The van der Waals surface area contributed by atoms with Gasteiger partial charge in [0.2, 0.25) is 5.91 Å². The second-order valence-corrected chi connectivity index (χ2v) is 5.03. The summed E-state index contributed by atoms with van der Waals surface area (Å²) < 4.78 is 18.6. The predicted octanol–water partition coefficient (Wildman–Crippen LogP) is 1.95. The monoisotopic (exact) mass is 268 g/mol. The molecule has 3 N–H and O–H groups in total. The van der Waals surface area contributed by atoms with E-state index in [-0.39, 0.29) is 17.7 Å². The molecule has 1 rings (SSSR count). The number of carbonyl (C=O) groups is 2. The number of carbonyl (C=O) groups excluding carboxylic acids is 2. The number of nitrogens with one attached hydrogen (secondary N) is 1. The molecule has 0 atom stereocenters. The molecule has 1 aromatic carbocycles. The van der Waals surface area contributed by atoms with Crippen LogP contribution >= 0.6 is 0 Å². The molecular weight excluding hydrogens is 251 g/mol. The molecule has 0 spiro atoms. The first-order valence-electron chi connectivity index (χ1n) is 5.74. The Morgan fingerprint density at radius 2 is 2.00 bits per heavy atom. The van der Waals surface area contributed by atoms with E-state index in [0.29, 0.717) is 0 Å². The largest absolute Gasteiger partial charge is 0.444 e. The first kappa shape index (κ1) is 14.9. The number of primary amides is 1. The van der Waals surface area contributed by atoms with E-state index in [9.17, 15) is 14.0 Å². The lowest BCUT2D eigenvalue weighted by Gasteiger charge is -2.19. The third-order valence-electron chi connectivity index (χ3n) is 2.16. The normalized spacial score (nSPS) is 10.9. The minimum absolute atomic E-state index is 0.0280. The lowest BCUT2D eigenvalue weighted by atomic mass is 10.1. The SMILES string of the molecule is CC(C)(C)OC(=O)NCc1ccc(C(N)=O)cc1F. The van der Waals surface area contributed by atoms with E-state index in [4.69, 9.17) is 10.5 Å². The summed E-state index contributed by atoms with van der Waals surface area (Å²) in [5.74, 6) is -1.31. The maximum atomic E-state index is 13.6. The van der Waals surface area contributed by atoms with Crippen molar-refractivity contribution in [2.75, 3.05) is 0 Å². The number of benzene rings is 1. The molecule has 5 nitrogen and oxygen atoms in total. The van der Waals surface area contributed by atoms with Gasteiger partial charge in [-0.3, -0.25) is 4.79 Å². The lowest BCUT2D eigenvalue weighted by molar-refractivity contribution is 0.0523. The van der Waals surface area contributed by atoms with Gasteiger partial charge in [-0.15, -0.1) is 0 Å². The molecule has 1 aromatic rings. The second-order valence-electron chi connectivity index (χ2n) is 5.03. The molecule has 0 aliphatic heterocycles. The van der Waals surface area contributed by atoms with Crippen molar-refractivity contribution in [3.8, 4) is 0 Å². The maximum Gasteiger partial charge on any atom is 0.407 e. The van der Waals surface area contributed by atoms with Crippen LogP contribution < -0.4 is 11.1 Å². The Bertz CT molecular complexity index is 495. The number of amides is 2. The van der Waals surface area contributed by atoms with E-state index in [1.165, 1.54) is 12.1 Å². The number of nitrogens with two attached hydrogens (primary N) is 1. The van der Waals surface area contributed by atoms with Crippen molar-refractivity contribution in [3.63, 3.8) is 0 Å². The van der Waals surface area contributed by atoms with E-state index in [2.05, 4.69) is 5.32 Å². The van der Waals surface area contributed by atoms with Crippen LogP contribution in [0.5, 0.6) is 0 Å². The summed E-state index contributed by atoms with van der Waals surface area (Å²) in [6.45, 7) is 5.16. The second kappa shape index (κ2) is 5.69. The maximum absolute atomic E-state index is 13.6. The van der Waals surface area contributed by atoms with Crippen molar-refractivity contribution in [2.24, 2.45) is 5.73 Å². The van der Waals surface area contributed by atoms with Gasteiger partial charge in [0.1, 0.15) is 11.4 Å². The number of hydrogen-bond acceptors (Lipinski definition) is 3. The molecule has 0 heterocycles. The van der Waals surface area contributed by atoms with Crippen molar-refractivity contribution in [3.05, 3.63) is 35.1 Å². The lowest BCUT2D eigenvalue weighted by Crippen LogP contribution is -2.32. The highest BCUT2D eigenvalue weighted by molar-refractivity contribution is 5.92. The Balaban J connectivity index is 2.64. The Morgan fingerprint density at radius 1 is 1.37 bits per heavy atom. The molecule has 0 fully saturated rings. The third-order valence-corrected chi connectivity index (χ3v) is 2.16. The van der Waals surface area contributed by atoms with Crippen LogP contribution in [0.4, 0.5) is 9.18 Å². The highest BCUT2D eigenvalue weighted by atomic mass is 19.1. The third kappa shape index (κ3) is 4.95. The zero-order chi connectivity index (χ0) is 14.6. The highest BCUT2D eigenvalue weighted by Crippen LogP contribution is 2.11. The van der Waals surface area contributed by atoms with E-state index >= 15 is 0 Å². The molecule has 0 radical (unpaired) electrons. The zero-order valence-electron chi connectivity index (χ0n) is 11.1. The Labute approximate surface area is 110 Å². The summed E-state index contributed by atoms with van der Waals surface area (Å²) >= 11 is 0. The van der Waals surface area contributed by atoms with Gasteiger partial charge < -0.3 is 15.8 Å². The number of rotatable bonds is 3. The van der Waals surface area contributed by atoms with Crippen LogP contribution in [0.15, 0.2) is 18.2 Å². The summed E-state index contributed by atoms with van der Waals surface area (Å²) in [6.07, 6.45) is -0.633. The molecule has 19 heavy (non-hydrogen) atoms. The summed E-state index contributed by atoms with van der Waals surface area (Å²) in [7, 11) is 0. The highest BCUT2D eigenvalue weighted by Gasteiger charge is 2.16. The van der Waals surface area contributed by atoms with Crippen molar-refractivity contribution in [1.82, 2.24) is 5.32 Å². The van der Waals surface area contributed by atoms with Crippen LogP contribution in [0.1, 0.15) is 36.7 Å². The summed E-state index contributed by atoms with van der Waals surface area (Å²) in [6, 6.07) is 3.83. The van der Waals surface area contributed by atoms with Crippen LogP contribution in [0.2, 0.25) is 0 Å². The van der Waals surface area contributed by atoms with E-state index in [0.717, 1.165) is 6.07 Å². The van der Waals surface area contributed by atoms with Crippen molar-refractivity contribution >= 4 is 12.0 Å². The van der Waals surface area contributed by atoms with Gasteiger partial charge in [0.25, 0.3) is 0 Å². The fourth-order valence-electron chi connectivity index (χ4n) is 1.33. The molecule has 6 heteroatoms. The minimum Gasteiger partial charge on any atom is -0.444 e. The first-order chi connectivity index (χ1) is 8.69. The van der Waals surface area contributed by atoms with Gasteiger partial charge in [-0.25, -0.2) is 9.18 Å². The molecule has 0 unspecified atom stereocenters. The summed E-state index contributed by atoms with van der Waals surface area (Å²) in [4.78, 5) is 22.2. The topological polar surface area (TPSA) is 81.4 Å². The molecule has 104 valence electrons. The van der Waals surface area contributed by atoms with Gasteiger partial charge >= 0.3 is 6.09 Å². The zero-order valence-corrected chi connectivity index (χ0v) is 11.1. The summed E-state index contributed by atoms with van der Waals surface area (Å²) in [5.41, 5.74) is 4.74. The van der Waals surface area contributed by atoms with Gasteiger partial charge in [-0.1, -0.05) is 6.07 Å². The van der Waals surface area contributed by atoms with Crippen LogP contribution in [-0.4, -0.2) is 17.6 Å². The standard InChI is InChI=1S/C13H17FN2O3/c1-13(2,3)19-12(18)16-7-9-5-4-8(11(15)17)6-10(9)14/h4-6H,7H2,1-3H3,(H2,15,17)(H,16,18). The summed E-state index contributed by atoms with van der Waals surface area (Å²) in [5, 5.41) is 2.43. The molecule has 2 amide bonds. The van der Waals surface area contributed by atoms with Crippen LogP contribution in [0.25, 0.3) is 0 Å². The van der Waals surface area contributed by atoms with Crippen LogP contribution in [0.3, 0.4) is 0 Å². The molecule has 0 bridgehead atoms. The van der Waals surface area contributed by atoms with Crippen molar-refractivity contribution < 1.29 is 18.7 Å². The quantitative estimate of drug-likeness (QED) is 0.879. The number of hydrogen-bond donors (Lipinski definition) is 2. The average molecular weight is 268 g/mol. The van der Waals surface area contributed by atoms with E-state index in [1.807, 2.05) is 0 Å². The number of alkyl carbamates (subject to hydrolysis) is 1. The fraction of sp³-hybridized carbons (Fsp3) is 0.385. The molecule has 0 aliphatic carbocycles. The minimum atomic E-state index is -0.703. The molecule has 0 saturated heterocycles. The molecule has 0 aliphatic rings. The Morgan fingerprint density at radius 3 is 2.47 bits per heavy atom. The van der Waals surface area contributed by atoms with Gasteiger partial charge in [0.15, 0.2) is 0 Å². The van der Waals surface area contributed by atoms with Gasteiger partial charge in [-0.05, 0) is 32.9 Å². The van der Waals surface area contributed by atoms with Gasteiger partial charge in [-0.2, -0.15) is 0 Å². The molecule has 0 saturated carbocycles. The predicted molar refractivity (Wildman–Crippen MR) is 68.0 cm³/mol. The average Bonchev–Trinajstić information content (AvgIpc) is 2.24. The first-order valence-corrected chi connectivity index (χ1v) is 5.74. The molecule has 0 aromatic heterocycles. The number of ether oxygens (including phenoxy) is 1. The Kier molecular flexibility index (Phi) is 4.47. The Hall–Kier alpha value is -2.11. The van der Waals surface area contributed by atoms with E-state index in [1.54, 1.807) is 20.8 Å². The van der Waals surface area contributed by atoms with Crippen molar-refractivity contribution in [2.45, 2.75) is 32.9 Å². The fourth-order valence-corrected chi connectivity index (χ4v) is 1.33. The molecular formula is C13H17FN2O3. The van der Waals surface area contributed by atoms with Crippen LogP contribution in [-0.2, 0) is 11.3 Å². The number of halogens is 1.